The van der Waals surface area contributed by atoms with E-state index in [0.717, 1.165) is 11.3 Å². The largest absolute Gasteiger partial charge is 0.436 e. The summed E-state index contributed by atoms with van der Waals surface area (Å²) < 4.78 is 5.78. The van der Waals surface area contributed by atoms with Crippen molar-refractivity contribution in [2.75, 3.05) is 4.90 Å². The van der Waals surface area contributed by atoms with E-state index in [2.05, 4.69) is 0 Å². The zero-order chi connectivity index (χ0) is 16.2. The molecule has 110 valence electrons. The summed E-state index contributed by atoms with van der Waals surface area (Å²) in [5.74, 6) is 0.759. The third-order valence-corrected chi connectivity index (χ3v) is 3.52. The fraction of sp³-hybridized carbons (Fsp3) is 0. The van der Waals surface area contributed by atoms with Crippen LogP contribution in [-0.4, -0.2) is 0 Å². The summed E-state index contributed by atoms with van der Waals surface area (Å²) >= 11 is 5.91. The van der Waals surface area contributed by atoms with Crippen molar-refractivity contribution in [3.63, 3.8) is 0 Å². The number of ether oxygens (including phenoxy) is 1. The van der Waals surface area contributed by atoms with Crippen molar-refractivity contribution in [2.45, 2.75) is 0 Å². The number of hydrogen-bond acceptors (Lipinski definition) is 4. The lowest BCUT2D eigenvalue weighted by Crippen LogP contribution is -2.13. The zero-order valence-corrected chi connectivity index (χ0v) is 12.7. The SMILES string of the molecule is N#CC(C#N)=C1OC(c2ccccc2)=CN1c1ccc(Cl)cc1. The summed E-state index contributed by atoms with van der Waals surface area (Å²) in [4.78, 5) is 1.67. The third-order valence-electron chi connectivity index (χ3n) is 3.27. The molecule has 4 nitrogen and oxygen atoms in total. The summed E-state index contributed by atoms with van der Waals surface area (Å²) in [6.07, 6.45) is 1.75. The second-order valence-corrected chi connectivity index (χ2v) is 5.15. The van der Waals surface area contributed by atoms with Crippen molar-refractivity contribution in [3.05, 3.63) is 82.8 Å². The van der Waals surface area contributed by atoms with Crippen LogP contribution >= 0.6 is 11.6 Å². The Kier molecular flexibility index (Phi) is 4.01. The molecule has 0 saturated carbocycles. The Bertz CT molecular complexity index is 855. The Morgan fingerprint density at radius 3 is 2.22 bits per heavy atom. The summed E-state index contributed by atoms with van der Waals surface area (Å²) in [7, 11) is 0. The van der Waals surface area contributed by atoms with Crippen LogP contribution in [0.3, 0.4) is 0 Å². The van der Waals surface area contributed by atoms with E-state index in [-0.39, 0.29) is 11.5 Å². The standard InChI is InChI=1S/C18H10ClN3O/c19-15-6-8-16(9-7-15)22-12-17(13-4-2-1-3-5-13)23-18(22)14(10-20)11-21/h1-9,12H. The first-order valence-corrected chi connectivity index (χ1v) is 7.15. The van der Waals surface area contributed by atoms with E-state index >= 15 is 0 Å². The summed E-state index contributed by atoms with van der Waals surface area (Å²) in [6, 6.07) is 20.3. The Balaban J connectivity index is 2.10. The van der Waals surface area contributed by atoms with Gasteiger partial charge in [-0.15, -0.1) is 0 Å². The van der Waals surface area contributed by atoms with Crippen LogP contribution in [-0.2, 0) is 4.74 Å². The van der Waals surface area contributed by atoms with Gasteiger partial charge in [-0.05, 0) is 24.3 Å². The Labute approximate surface area is 138 Å². The van der Waals surface area contributed by atoms with Crippen LogP contribution in [0.5, 0.6) is 0 Å². The van der Waals surface area contributed by atoms with E-state index in [1.54, 1.807) is 35.4 Å². The summed E-state index contributed by atoms with van der Waals surface area (Å²) in [5, 5.41) is 18.9. The van der Waals surface area contributed by atoms with Gasteiger partial charge in [-0.2, -0.15) is 10.5 Å². The first-order valence-electron chi connectivity index (χ1n) is 6.77. The molecule has 5 heteroatoms. The second-order valence-electron chi connectivity index (χ2n) is 4.71. The molecule has 2 aromatic rings. The van der Waals surface area contributed by atoms with E-state index in [0.29, 0.717) is 10.8 Å². The highest BCUT2D eigenvalue weighted by atomic mass is 35.5. The zero-order valence-electron chi connectivity index (χ0n) is 11.9. The van der Waals surface area contributed by atoms with Gasteiger partial charge in [0.25, 0.3) is 0 Å². The van der Waals surface area contributed by atoms with Gasteiger partial charge in [-0.1, -0.05) is 41.9 Å². The molecule has 0 radical (unpaired) electrons. The number of hydrogen-bond donors (Lipinski definition) is 0. The molecular weight excluding hydrogens is 310 g/mol. The molecule has 3 rings (SSSR count). The topological polar surface area (TPSA) is 60.1 Å². The van der Waals surface area contributed by atoms with E-state index in [9.17, 15) is 10.5 Å². The van der Waals surface area contributed by atoms with E-state index in [4.69, 9.17) is 16.3 Å². The van der Waals surface area contributed by atoms with Gasteiger partial charge in [-0.3, -0.25) is 4.90 Å². The van der Waals surface area contributed by atoms with Gasteiger partial charge in [-0.25, -0.2) is 0 Å². The van der Waals surface area contributed by atoms with Gasteiger partial charge in [0, 0.05) is 16.3 Å². The average Bonchev–Trinajstić information content (AvgIpc) is 3.03. The van der Waals surface area contributed by atoms with Gasteiger partial charge in [0.15, 0.2) is 11.3 Å². The molecule has 23 heavy (non-hydrogen) atoms. The van der Waals surface area contributed by atoms with Crippen molar-refractivity contribution in [1.29, 1.82) is 10.5 Å². The van der Waals surface area contributed by atoms with Gasteiger partial charge >= 0.3 is 0 Å². The fourth-order valence-electron chi connectivity index (χ4n) is 2.18. The van der Waals surface area contributed by atoms with Gasteiger partial charge in [0.1, 0.15) is 12.1 Å². The maximum atomic E-state index is 9.17. The van der Waals surface area contributed by atoms with Crippen molar-refractivity contribution in [3.8, 4) is 12.1 Å². The van der Waals surface area contributed by atoms with Gasteiger partial charge in [0.05, 0.1) is 6.20 Å². The number of nitriles is 2. The molecule has 1 aliphatic heterocycles. The maximum Gasteiger partial charge on any atom is 0.233 e. The van der Waals surface area contributed by atoms with Gasteiger partial charge < -0.3 is 4.74 Å². The molecule has 1 aliphatic rings. The Hall–Kier alpha value is -3.21. The minimum atomic E-state index is -0.0952. The monoisotopic (exact) mass is 319 g/mol. The quantitative estimate of drug-likeness (QED) is 0.768. The van der Waals surface area contributed by atoms with E-state index in [1.165, 1.54) is 0 Å². The molecule has 0 aliphatic carbocycles. The lowest BCUT2D eigenvalue weighted by molar-refractivity contribution is 0.394. The molecule has 0 N–H and O–H groups in total. The number of anilines is 1. The first-order chi connectivity index (χ1) is 11.2. The molecule has 0 bridgehead atoms. The lowest BCUT2D eigenvalue weighted by atomic mass is 10.2. The molecule has 2 aromatic carbocycles. The van der Waals surface area contributed by atoms with E-state index in [1.807, 2.05) is 42.5 Å². The number of benzene rings is 2. The smallest absolute Gasteiger partial charge is 0.233 e. The van der Waals surface area contributed by atoms with Crippen LogP contribution in [0.4, 0.5) is 5.69 Å². The number of allylic oxidation sites excluding steroid dienone is 1. The Morgan fingerprint density at radius 1 is 0.957 bits per heavy atom. The van der Waals surface area contributed by atoms with Crippen LogP contribution in [0.15, 0.2) is 72.3 Å². The van der Waals surface area contributed by atoms with Crippen LogP contribution in [0.2, 0.25) is 5.02 Å². The van der Waals surface area contributed by atoms with Crippen molar-refractivity contribution in [2.24, 2.45) is 0 Å². The van der Waals surface area contributed by atoms with Gasteiger partial charge in [0.2, 0.25) is 5.88 Å². The molecule has 0 atom stereocenters. The molecule has 0 aromatic heterocycles. The van der Waals surface area contributed by atoms with Crippen molar-refractivity contribution >= 4 is 23.0 Å². The van der Waals surface area contributed by atoms with Crippen molar-refractivity contribution in [1.82, 2.24) is 0 Å². The molecule has 0 unspecified atom stereocenters. The van der Waals surface area contributed by atoms with E-state index < -0.39 is 0 Å². The third kappa shape index (κ3) is 2.89. The average molecular weight is 320 g/mol. The highest BCUT2D eigenvalue weighted by Gasteiger charge is 2.26. The fourth-order valence-corrected chi connectivity index (χ4v) is 2.30. The predicted octanol–water partition coefficient (Wildman–Crippen LogP) is 4.43. The lowest BCUT2D eigenvalue weighted by Gasteiger charge is -2.16. The normalized spacial score (nSPS) is 12.9. The highest BCUT2D eigenvalue weighted by molar-refractivity contribution is 6.30. The maximum absolute atomic E-state index is 9.17. The number of halogens is 1. The Morgan fingerprint density at radius 2 is 1.61 bits per heavy atom. The predicted molar refractivity (Wildman–Crippen MR) is 87.7 cm³/mol. The molecule has 1 heterocycles. The minimum absolute atomic E-state index is 0.0952. The van der Waals surface area contributed by atoms with Crippen LogP contribution in [0.1, 0.15) is 5.56 Å². The van der Waals surface area contributed by atoms with Crippen LogP contribution in [0, 0.1) is 22.7 Å². The second kappa shape index (κ2) is 6.27. The van der Waals surface area contributed by atoms with Crippen molar-refractivity contribution < 1.29 is 4.74 Å². The minimum Gasteiger partial charge on any atom is -0.436 e. The summed E-state index contributed by atoms with van der Waals surface area (Å²) in [5.41, 5.74) is 1.51. The molecular formula is C18H10ClN3O. The first kappa shape index (κ1) is 14.7. The molecule has 0 amide bonds. The molecule has 0 fully saturated rings. The highest BCUT2D eigenvalue weighted by Crippen LogP contribution is 2.35. The molecule has 0 spiro atoms. The number of rotatable bonds is 2. The van der Waals surface area contributed by atoms with Crippen LogP contribution < -0.4 is 4.90 Å². The molecule has 0 saturated heterocycles. The van der Waals surface area contributed by atoms with Crippen LogP contribution in [0.25, 0.3) is 5.76 Å². The summed E-state index contributed by atoms with van der Waals surface area (Å²) in [6.45, 7) is 0. The number of nitrogens with zero attached hydrogens (tertiary/aromatic N) is 3.